The van der Waals surface area contributed by atoms with Crippen molar-refractivity contribution in [3.8, 4) is 0 Å². The molecule has 1 amide bonds. The minimum atomic E-state index is -0.399. The number of pyridine rings is 1. The molecule has 1 aromatic heterocycles. The van der Waals surface area contributed by atoms with Crippen LogP contribution in [0, 0.1) is 0 Å². The third-order valence-electron chi connectivity index (χ3n) is 6.02. The molecule has 0 N–H and O–H groups in total. The first-order chi connectivity index (χ1) is 12.0. The van der Waals surface area contributed by atoms with Gasteiger partial charge in [-0.2, -0.15) is 0 Å². The molecule has 25 heavy (non-hydrogen) atoms. The summed E-state index contributed by atoms with van der Waals surface area (Å²) in [5, 5.41) is 1.07. The maximum Gasteiger partial charge on any atom is 0.255 e. The Labute approximate surface area is 147 Å². The average molecular weight is 339 g/mol. The Balaban J connectivity index is 1.72. The van der Waals surface area contributed by atoms with E-state index in [9.17, 15) is 9.59 Å². The summed E-state index contributed by atoms with van der Waals surface area (Å²) < 4.78 is 1.72. The minimum absolute atomic E-state index is 0.0392. The van der Waals surface area contributed by atoms with Gasteiger partial charge in [0.1, 0.15) is 5.54 Å². The standard InChI is InChI=1S/C20H25N3O2/c1-21-11-5-9-20(19(21)25)10-6-12-23(20)14-16-13-15-7-3-4-8-17(15)22(2)18(16)24/h3-4,7-8,13H,5-6,9-12,14H2,1-2H3. The molecular weight excluding hydrogens is 314 g/mol. The zero-order valence-corrected chi connectivity index (χ0v) is 15.0. The fourth-order valence-corrected chi connectivity index (χ4v) is 4.67. The topological polar surface area (TPSA) is 45.5 Å². The first kappa shape index (κ1) is 16.3. The van der Waals surface area contributed by atoms with Crippen molar-refractivity contribution in [1.82, 2.24) is 14.4 Å². The first-order valence-corrected chi connectivity index (χ1v) is 9.11. The summed E-state index contributed by atoms with van der Waals surface area (Å²) >= 11 is 0. The van der Waals surface area contributed by atoms with Gasteiger partial charge in [-0.1, -0.05) is 18.2 Å². The van der Waals surface area contributed by atoms with E-state index in [2.05, 4.69) is 4.90 Å². The summed E-state index contributed by atoms with van der Waals surface area (Å²) in [4.78, 5) is 29.9. The highest BCUT2D eigenvalue weighted by Gasteiger charge is 2.49. The number of piperidine rings is 1. The number of hydrogen-bond donors (Lipinski definition) is 0. The molecule has 2 aliphatic rings. The number of aryl methyl sites for hydroxylation is 1. The Kier molecular flexibility index (Phi) is 3.91. The van der Waals surface area contributed by atoms with E-state index in [-0.39, 0.29) is 11.5 Å². The molecule has 0 aliphatic carbocycles. The highest BCUT2D eigenvalue weighted by atomic mass is 16.2. The lowest BCUT2D eigenvalue weighted by Gasteiger charge is -2.43. The zero-order chi connectivity index (χ0) is 17.6. The van der Waals surface area contributed by atoms with Crippen LogP contribution in [0.3, 0.4) is 0 Å². The van der Waals surface area contributed by atoms with Crippen LogP contribution < -0.4 is 5.56 Å². The number of carbonyl (C=O) groups is 1. The molecule has 2 aliphatic heterocycles. The SMILES string of the molecule is CN1CCCC2(CCCN2Cc2cc3ccccc3n(C)c2=O)C1=O. The molecule has 2 aromatic rings. The van der Waals surface area contributed by atoms with Gasteiger partial charge in [-0.3, -0.25) is 14.5 Å². The molecule has 1 atom stereocenters. The van der Waals surface area contributed by atoms with E-state index in [4.69, 9.17) is 0 Å². The maximum atomic E-state index is 12.9. The zero-order valence-electron chi connectivity index (χ0n) is 15.0. The Morgan fingerprint density at radius 2 is 1.76 bits per heavy atom. The van der Waals surface area contributed by atoms with Crippen molar-refractivity contribution in [2.45, 2.75) is 37.8 Å². The number of likely N-dealkylation sites (tertiary alicyclic amines) is 2. The second-order valence-corrected chi connectivity index (χ2v) is 7.48. The van der Waals surface area contributed by atoms with Gasteiger partial charge in [-0.15, -0.1) is 0 Å². The van der Waals surface area contributed by atoms with E-state index >= 15 is 0 Å². The normalized spacial score (nSPS) is 24.6. The summed E-state index contributed by atoms with van der Waals surface area (Å²) in [5.74, 6) is 0.230. The average Bonchev–Trinajstić information content (AvgIpc) is 3.00. The molecule has 0 saturated carbocycles. The van der Waals surface area contributed by atoms with Crippen molar-refractivity contribution in [3.05, 3.63) is 46.2 Å². The van der Waals surface area contributed by atoms with Crippen molar-refractivity contribution in [2.24, 2.45) is 7.05 Å². The Morgan fingerprint density at radius 1 is 1.04 bits per heavy atom. The molecule has 1 unspecified atom stereocenters. The monoisotopic (exact) mass is 339 g/mol. The quantitative estimate of drug-likeness (QED) is 0.842. The van der Waals surface area contributed by atoms with Crippen LogP contribution in [0.15, 0.2) is 35.1 Å². The predicted octanol–water partition coefficient (Wildman–Crippen LogP) is 2.13. The summed E-state index contributed by atoms with van der Waals surface area (Å²) in [6.07, 6.45) is 3.87. The molecule has 0 radical (unpaired) electrons. The molecule has 132 valence electrons. The van der Waals surface area contributed by atoms with Gasteiger partial charge < -0.3 is 9.47 Å². The van der Waals surface area contributed by atoms with Crippen molar-refractivity contribution in [3.63, 3.8) is 0 Å². The molecule has 4 rings (SSSR count). The summed E-state index contributed by atoms with van der Waals surface area (Å²) in [6, 6.07) is 9.96. The summed E-state index contributed by atoms with van der Waals surface area (Å²) in [7, 11) is 3.72. The number of fused-ring (bicyclic) bond motifs is 1. The number of para-hydroxylation sites is 1. The molecule has 2 saturated heterocycles. The smallest absolute Gasteiger partial charge is 0.255 e. The summed E-state index contributed by atoms with van der Waals surface area (Å²) in [6.45, 7) is 2.28. The van der Waals surface area contributed by atoms with E-state index in [1.165, 1.54) is 0 Å². The van der Waals surface area contributed by atoms with Gasteiger partial charge in [0, 0.05) is 32.7 Å². The largest absolute Gasteiger partial charge is 0.344 e. The van der Waals surface area contributed by atoms with Crippen LogP contribution in [0.1, 0.15) is 31.2 Å². The lowest BCUT2D eigenvalue weighted by Crippen LogP contribution is -2.58. The molecular formula is C20H25N3O2. The van der Waals surface area contributed by atoms with E-state index in [1.54, 1.807) is 4.57 Å². The van der Waals surface area contributed by atoms with Gasteiger partial charge in [0.15, 0.2) is 0 Å². The lowest BCUT2D eigenvalue weighted by molar-refractivity contribution is -0.146. The Morgan fingerprint density at radius 3 is 2.56 bits per heavy atom. The van der Waals surface area contributed by atoms with Crippen LogP contribution in [0.4, 0.5) is 0 Å². The second kappa shape index (κ2) is 5.99. The highest BCUT2D eigenvalue weighted by Crippen LogP contribution is 2.38. The highest BCUT2D eigenvalue weighted by molar-refractivity contribution is 5.87. The predicted molar refractivity (Wildman–Crippen MR) is 98.4 cm³/mol. The first-order valence-electron chi connectivity index (χ1n) is 9.11. The number of rotatable bonds is 2. The van der Waals surface area contributed by atoms with Crippen LogP contribution in [-0.2, 0) is 18.4 Å². The van der Waals surface area contributed by atoms with Crippen molar-refractivity contribution in [2.75, 3.05) is 20.1 Å². The fraction of sp³-hybridized carbons (Fsp3) is 0.500. The fourth-order valence-electron chi connectivity index (χ4n) is 4.67. The van der Waals surface area contributed by atoms with E-state index in [0.717, 1.165) is 55.2 Å². The van der Waals surface area contributed by atoms with Crippen molar-refractivity contribution >= 4 is 16.8 Å². The molecule has 0 bridgehead atoms. The van der Waals surface area contributed by atoms with E-state index in [1.807, 2.05) is 49.3 Å². The molecule has 1 spiro atoms. The van der Waals surface area contributed by atoms with Crippen LogP contribution in [-0.4, -0.2) is 46.0 Å². The van der Waals surface area contributed by atoms with Gasteiger partial charge in [0.25, 0.3) is 5.56 Å². The maximum absolute atomic E-state index is 12.9. The van der Waals surface area contributed by atoms with Gasteiger partial charge in [0.2, 0.25) is 5.91 Å². The van der Waals surface area contributed by atoms with Crippen molar-refractivity contribution in [1.29, 1.82) is 0 Å². The van der Waals surface area contributed by atoms with Crippen LogP contribution in [0.2, 0.25) is 0 Å². The molecule has 3 heterocycles. The third-order valence-corrected chi connectivity index (χ3v) is 6.02. The summed E-state index contributed by atoms with van der Waals surface area (Å²) in [5.41, 5.74) is 1.37. The van der Waals surface area contributed by atoms with Gasteiger partial charge in [0.05, 0.1) is 5.52 Å². The Bertz CT molecular complexity index is 888. The number of carbonyl (C=O) groups excluding carboxylic acids is 1. The number of hydrogen-bond acceptors (Lipinski definition) is 3. The number of benzene rings is 1. The number of nitrogens with zero attached hydrogens (tertiary/aromatic N) is 3. The van der Waals surface area contributed by atoms with Gasteiger partial charge >= 0.3 is 0 Å². The second-order valence-electron chi connectivity index (χ2n) is 7.48. The lowest BCUT2D eigenvalue weighted by atomic mass is 9.85. The minimum Gasteiger partial charge on any atom is -0.344 e. The molecule has 2 fully saturated rings. The number of likely N-dealkylation sites (N-methyl/N-ethyl adjacent to an activating group) is 1. The molecule has 1 aromatic carbocycles. The number of amides is 1. The van der Waals surface area contributed by atoms with Crippen LogP contribution in [0.5, 0.6) is 0 Å². The van der Waals surface area contributed by atoms with Gasteiger partial charge in [-0.25, -0.2) is 0 Å². The molecule has 5 heteroatoms. The van der Waals surface area contributed by atoms with Crippen LogP contribution in [0.25, 0.3) is 10.9 Å². The third kappa shape index (κ3) is 2.49. The van der Waals surface area contributed by atoms with E-state index < -0.39 is 5.54 Å². The van der Waals surface area contributed by atoms with Crippen LogP contribution >= 0.6 is 0 Å². The Hall–Kier alpha value is -2.14. The van der Waals surface area contributed by atoms with Gasteiger partial charge in [-0.05, 0) is 49.7 Å². The molecule has 5 nitrogen and oxygen atoms in total. The number of aromatic nitrogens is 1. The van der Waals surface area contributed by atoms with Crippen molar-refractivity contribution < 1.29 is 4.79 Å². The van der Waals surface area contributed by atoms with E-state index in [0.29, 0.717) is 6.54 Å².